The van der Waals surface area contributed by atoms with Gasteiger partial charge in [-0.05, 0) is 48.9 Å². The highest BCUT2D eigenvalue weighted by molar-refractivity contribution is 9.10. The van der Waals surface area contributed by atoms with Crippen LogP contribution in [-0.4, -0.2) is 43.9 Å². The molecule has 5 nitrogen and oxygen atoms in total. The van der Waals surface area contributed by atoms with Gasteiger partial charge in [-0.15, -0.1) is 0 Å². The molecule has 1 N–H and O–H groups in total. The molecule has 0 heterocycles. The average molecular weight is 432 g/mol. The van der Waals surface area contributed by atoms with Crippen LogP contribution in [0.1, 0.15) is 29.3 Å². The molecule has 0 aliphatic heterocycles. The second kappa shape index (κ2) is 10.1. The van der Waals surface area contributed by atoms with E-state index in [1.54, 1.807) is 17.0 Å². The molecule has 2 aromatic rings. The van der Waals surface area contributed by atoms with Crippen LogP contribution in [0.25, 0.3) is 0 Å². The number of carbonyl (C=O) groups is 2. The minimum absolute atomic E-state index is 0.0327. The normalized spacial score (nSPS) is 10.4. The van der Waals surface area contributed by atoms with E-state index in [-0.39, 0.29) is 18.2 Å². The highest BCUT2D eigenvalue weighted by Crippen LogP contribution is 2.14. The highest BCUT2D eigenvalue weighted by Gasteiger charge is 2.13. The van der Waals surface area contributed by atoms with Crippen molar-refractivity contribution in [3.8, 4) is 0 Å². The van der Waals surface area contributed by atoms with Gasteiger partial charge in [0.25, 0.3) is 5.91 Å². The zero-order valence-electron chi connectivity index (χ0n) is 16.0. The molecule has 0 unspecified atom stereocenters. The van der Waals surface area contributed by atoms with Gasteiger partial charge < -0.3 is 15.1 Å². The molecular weight excluding hydrogens is 406 g/mol. The molecule has 0 saturated heterocycles. The number of anilines is 1. The van der Waals surface area contributed by atoms with E-state index in [0.29, 0.717) is 25.2 Å². The molecule has 0 bridgehead atoms. The molecule has 0 aromatic heterocycles. The number of rotatable bonds is 8. The monoisotopic (exact) mass is 431 g/mol. The molecule has 2 amide bonds. The standard InChI is InChI=1S/C21H26BrN3O2/c1-4-25(15-16-5-11-19(12-6-16)24(2)3)20(26)13-14-23-21(27)17-7-9-18(22)10-8-17/h5-12H,4,13-15H2,1-3H3,(H,23,27). The summed E-state index contributed by atoms with van der Waals surface area (Å²) in [5, 5.41) is 2.80. The maximum absolute atomic E-state index is 12.5. The van der Waals surface area contributed by atoms with Gasteiger partial charge in [0, 0.05) is 55.9 Å². The summed E-state index contributed by atoms with van der Waals surface area (Å²) in [6.45, 7) is 3.49. The van der Waals surface area contributed by atoms with Gasteiger partial charge in [-0.3, -0.25) is 9.59 Å². The summed E-state index contributed by atoms with van der Waals surface area (Å²) < 4.78 is 0.923. The van der Waals surface area contributed by atoms with E-state index in [4.69, 9.17) is 0 Å². The molecule has 0 saturated carbocycles. The minimum Gasteiger partial charge on any atom is -0.378 e. The van der Waals surface area contributed by atoms with Gasteiger partial charge in [-0.25, -0.2) is 0 Å². The molecule has 144 valence electrons. The Morgan fingerprint density at radius 3 is 2.19 bits per heavy atom. The van der Waals surface area contributed by atoms with Crippen molar-refractivity contribution in [1.29, 1.82) is 0 Å². The lowest BCUT2D eigenvalue weighted by Gasteiger charge is -2.22. The maximum Gasteiger partial charge on any atom is 0.251 e. The van der Waals surface area contributed by atoms with Gasteiger partial charge in [0.1, 0.15) is 0 Å². The van der Waals surface area contributed by atoms with Crippen molar-refractivity contribution in [2.45, 2.75) is 19.9 Å². The Balaban J connectivity index is 1.83. The number of nitrogens with zero attached hydrogens (tertiary/aromatic N) is 2. The van der Waals surface area contributed by atoms with Crippen LogP contribution in [0, 0.1) is 0 Å². The topological polar surface area (TPSA) is 52.6 Å². The molecule has 2 rings (SSSR count). The molecule has 0 spiro atoms. The average Bonchev–Trinajstić information content (AvgIpc) is 2.66. The molecule has 0 radical (unpaired) electrons. The van der Waals surface area contributed by atoms with Gasteiger partial charge >= 0.3 is 0 Å². The van der Waals surface area contributed by atoms with E-state index in [1.807, 2.05) is 62.3 Å². The summed E-state index contributed by atoms with van der Waals surface area (Å²) in [6, 6.07) is 15.3. The van der Waals surface area contributed by atoms with Crippen molar-refractivity contribution in [3.63, 3.8) is 0 Å². The first-order chi connectivity index (χ1) is 12.9. The van der Waals surface area contributed by atoms with E-state index in [9.17, 15) is 9.59 Å². The van der Waals surface area contributed by atoms with E-state index < -0.39 is 0 Å². The zero-order chi connectivity index (χ0) is 19.8. The lowest BCUT2D eigenvalue weighted by Crippen LogP contribution is -2.34. The van der Waals surface area contributed by atoms with E-state index >= 15 is 0 Å². The first kappa shape index (κ1) is 21.0. The van der Waals surface area contributed by atoms with Crippen LogP contribution in [0.3, 0.4) is 0 Å². The SMILES string of the molecule is CCN(Cc1ccc(N(C)C)cc1)C(=O)CCNC(=O)c1ccc(Br)cc1. The van der Waals surface area contributed by atoms with Crippen LogP contribution >= 0.6 is 15.9 Å². The maximum atomic E-state index is 12.5. The van der Waals surface area contributed by atoms with E-state index in [2.05, 4.69) is 21.2 Å². The van der Waals surface area contributed by atoms with Gasteiger partial charge in [0.15, 0.2) is 0 Å². The fourth-order valence-electron chi connectivity index (χ4n) is 2.64. The fourth-order valence-corrected chi connectivity index (χ4v) is 2.90. The highest BCUT2D eigenvalue weighted by atomic mass is 79.9. The summed E-state index contributed by atoms with van der Waals surface area (Å²) in [5.41, 5.74) is 2.80. The van der Waals surface area contributed by atoms with E-state index in [0.717, 1.165) is 15.7 Å². The number of nitrogens with one attached hydrogen (secondary N) is 1. The second-order valence-electron chi connectivity index (χ2n) is 6.48. The van der Waals surface area contributed by atoms with Gasteiger partial charge in [-0.1, -0.05) is 28.1 Å². The molecule has 27 heavy (non-hydrogen) atoms. The Bertz CT molecular complexity index is 758. The van der Waals surface area contributed by atoms with Crippen molar-refractivity contribution >= 4 is 33.4 Å². The van der Waals surface area contributed by atoms with Crippen molar-refractivity contribution in [2.75, 3.05) is 32.1 Å². The Morgan fingerprint density at radius 1 is 1.00 bits per heavy atom. The van der Waals surface area contributed by atoms with Crippen molar-refractivity contribution in [1.82, 2.24) is 10.2 Å². The van der Waals surface area contributed by atoms with Crippen molar-refractivity contribution in [2.24, 2.45) is 0 Å². The largest absolute Gasteiger partial charge is 0.378 e. The third-order valence-electron chi connectivity index (χ3n) is 4.29. The summed E-state index contributed by atoms with van der Waals surface area (Å²) in [4.78, 5) is 28.4. The molecular formula is C21H26BrN3O2. The number of hydrogen-bond acceptors (Lipinski definition) is 3. The Morgan fingerprint density at radius 2 is 1.63 bits per heavy atom. The molecule has 6 heteroatoms. The number of benzene rings is 2. The van der Waals surface area contributed by atoms with Crippen molar-refractivity contribution in [3.05, 3.63) is 64.1 Å². The summed E-state index contributed by atoms with van der Waals surface area (Å²) in [7, 11) is 4.00. The quantitative estimate of drug-likeness (QED) is 0.693. The Kier molecular flexibility index (Phi) is 7.85. The van der Waals surface area contributed by atoms with Crippen LogP contribution in [0.2, 0.25) is 0 Å². The van der Waals surface area contributed by atoms with E-state index in [1.165, 1.54) is 0 Å². The molecule has 0 aliphatic carbocycles. The smallest absolute Gasteiger partial charge is 0.251 e. The second-order valence-corrected chi connectivity index (χ2v) is 7.40. The van der Waals surface area contributed by atoms with Crippen molar-refractivity contribution < 1.29 is 9.59 Å². The first-order valence-electron chi connectivity index (χ1n) is 8.98. The number of amides is 2. The number of hydrogen-bond donors (Lipinski definition) is 1. The number of halogens is 1. The van der Waals surface area contributed by atoms with Gasteiger partial charge in [0.05, 0.1) is 0 Å². The van der Waals surface area contributed by atoms with Gasteiger partial charge in [-0.2, -0.15) is 0 Å². The summed E-state index contributed by atoms with van der Waals surface area (Å²) in [6.07, 6.45) is 0.284. The number of carbonyl (C=O) groups excluding carboxylic acids is 2. The first-order valence-corrected chi connectivity index (χ1v) is 9.77. The third-order valence-corrected chi connectivity index (χ3v) is 4.82. The fraction of sp³-hybridized carbons (Fsp3) is 0.333. The lowest BCUT2D eigenvalue weighted by molar-refractivity contribution is -0.131. The van der Waals surface area contributed by atoms with Crippen LogP contribution in [0.15, 0.2) is 53.0 Å². The molecule has 0 atom stereocenters. The predicted octanol–water partition coefficient (Wildman–Crippen LogP) is 3.68. The Hall–Kier alpha value is -2.34. The minimum atomic E-state index is -0.169. The third kappa shape index (κ3) is 6.40. The molecule has 0 fully saturated rings. The summed E-state index contributed by atoms with van der Waals surface area (Å²) >= 11 is 3.34. The van der Waals surface area contributed by atoms with Gasteiger partial charge in [0.2, 0.25) is 5.91 Å². The zero-order valence-corrected chi connectivity index (χ0v) is 17.6. The summed E-state index contributed by atoms with van der Waals surface area (Å²) in [5.74, 6) is -0.136. The predicted molar refractivity (Wildman–Crippen MR) is 113 cm³/mol. The van der Waals surface area contributed by atoms with Crippen LogP contribution in [0.4, 0.5) is 5.69 Å². The van der Waals surface area contributed by atoms with Crippen LogP contribution in [0.5, 0.6) is 0 Å². The molecule has 0 aliphatic rings. The Labute approximate surface area is 169 Å². The lowest BCUT2D eigenvalue weighted by atomic mass is 10.1. The van der Waals surface area contributed by atoms with Crippen LogP contribution < -0.4 is 10.2 Å². The molecule has 2 aromatic carbocycles. The van der Waals surface area contributed by atoms with Crippen LogP contribution in [-0.2, 0) is 11.3 Å².